The molecule has 2 aromatic carbocycles. The minimum absolute atomic E-state index is 0. The molecule has 0 radical (unpaired) electrons. The number of halogens is 3. The molecule has 0 atom stereocenters. The zero-order chi connectivity index (χ0) is 12.8. The Bertz CT molecular complexity index is 616. The maximum atomic E-state index is 13.0. The molecule has 3 rings (SSSR count). The van der Waals surface area contributed by atoms with E-state index in [4.69, 9.17) is 0 Å². The summed E-state index contributed by atoms with van der Waals surface area (Å²) in [5.74, 6) is 0. The van der Waals surface area contributed by atoms with E-state index >= 15 is 0 Å². The molecular formula is C12H7BF3KS2. The van der Waals surface area contributed by atoms with Crippen LogP contribution in [0.3, 0.4) is 0 Å². The van der Waals surface area contributed by atoms with Crippen LogP contribution in [0.1, 0.15) is 0 Å². The molecule has 0 amide bonds. The second-order valence-electron chi connectivity index (χ2n) is 3.90. The topological polar surface area (TPSA) is 0 Å². The van der Waals surface area contributed by atoms with Gasteiger partial charge in [0.1, 0.15) is 0 Å². The molecule has 92 valence electrons. The van der Waals surface area contributed by atoms with E-state index in [1.54, 1.807) is 6.07 Å². The van der Waals surface area contributed by atoms with E-state index in [1.807, 2.05) is 24.3 Å². The molecule has 0 fully saturated rings. The van der Waals surface area contributed by atoms with Crippen LogP contribution < -0.4 is 56.8 Å². The van der Waals surface area contributed by atoms with Gasteiger partial charge in [0, 0.05) is 14.7 Å². The van der Waals surface area contributed by atoms with Crippen LogP contribution in [0.5, 0.6) is 0 Å². The van der Waals surface area contributed by atoms with Crippen LogP contribution in [0, 0.1) is 0 Å². The van der Waals surface area contributed by atoms with E-state index in [2.05, 4.69) is 0 Å². The van der Waals surface area contributed by atoms with E-state index in [9.17, 15) is 12.9 Å². The molecule has 1 aliphatic rings. The van der Waals surface area contributed by atoms with Gasteiger partial charge in [-0.15, -0.1) is 0 Å². The van der Waals surface area contributed by atoms with Crippen molar-refractivity contribution in [3.8, 4) is 0 Å². The van der Waals surface area contributed by atoms with Gasteiger partial charge in [-0.3, -0.25) is 0 Å². The van der Waals surface area contributed by atoms with Gasteiger partial charge in [-0.1, -0.05) is 53.3 Å². The standard InChI is InChI=1S/C12H7BF3S2.K/c14-13(15,16)8-4-3-7-11-12(8)18-10-6-2-1-5-9(10)17-11;/h1-7H;/q-1;+1. The van der Waals surface area contributed by atoms with Crippen molar-refractivity contribution in [1.82, 2.24) is 0 Å². The van der Waals surface area contributed by atoms with Crippen molar-refractivity contribution in [1.29, 1.82) is 0 Å². The molecule has 7 heteroatoms. The maximum absolute atomic E-state index is 13.0. The summed E-state index contributed by atoms with van der Waals surface area (Å²) < 4.78 is 39.0. The fourth-order valence-corrected chi connectivity index (χ4v) is 4.26. The number of fused-ring (bicyclic) bond motifs is 2. The van der Waals surface area contributed by atoms with E-state index in [0.29, 0.717) is 9.79 Å². The summed E-state index contributed by atoms with van der Waals surface area (Å²) in [5, 5.41) is 0. The molecule has 0 unspecified atom stereocenters. The summed E-state index contributed by atoms with van der Waals surface area (Å²) in [4.78, 5) is 2.94. The zero-order valence-corrected chi connectivity index (χ0v) is 14.8. The third-order valence-electron chi connectivity index (χ3n) is 2.64. The normalized spacial score (nSPS) is 13.2. The minimum Gasteiger partial charge on any atom is -0.445 e. The summed E-state index contributed by atoms with van der Waals surface area (Å²) >= 11 is 2.61. The quantitative estimate of drug-likeness (QED) is 0.621. The smallest absolute Gasteiger partial charge is 0.445 e. The Balaban J connectivity index is 0.00000133. The number of benzene rings is 2. The Hall–Kier alpha value is 0.631. The van der Waals surface area contributed by atoms with Crippen molar-refractivity contribution in [3.63, 3.8) is 0 Å². The first-order chi connectivity index (χ1) is 8.55. The van der Waals surface area contributed by atoms with Gasteiger partial charge in [0.25, 0.3) is 0 Å². The van der Waals surface area contributed by atoms with Crippen LogP contribution in [-0.2, 0) is 0 Å². The maximum Gasteiger partial charge on any atom is 1.00 e. The van der Waals surface area contributed by atoms with Crippen molar-refractivity contribution in [3.05, 3.63) is 42.5 Å². The zero-order valence-electron chi connectivity index (χ0n) is 10.1. The van der Waals surface area contributed by atoms with Crippen molar-refractivity contribution in [2.75, 3.05) is 0 Å². The second-order valence-corrected chi connectivity index (χ2v) is 6.04. The molecule has 0 bridgehead atoms. The fourth-order valence-electron chi connectivity index (χ4n) is 1.83. The predicted octanol–water partition coefficient (Wildman–Crippen LogP) is 1.36. The first kappa shape index (κ1) is 16.0. The number of hydrogen-bond acceptors (Lipinski definition) is 2. The van der Waals surface area contributed by atoms with Crippen LogP contribution in [0.2, 0.25) is 0 Å². The first-order valence-corrected chi connectivity index (χ1v) is 6.96. The Morgan fingerprint density at radius 3 is 1.95 bits per heavy atom. The van der Waals surface area contributed by atoms with Gasteiger partial charge in [0.05, 0.1) is 0 Å². The van der Waals surface area contributed by atoms with Gasteiger partial charge in [-0.2, -0.15) is 0 Å². The van der Waals surface area contributed by atoms with Crippen LogP contribution >= 0.6 is 23.5 Å². The third-order valence-corrected chi connectivity index (χ3v) is 5.27. The fraction of sp³-hybridized carbons (Fsp3) is 0. The summed E-state index contributed by atoms with van der Waals surface area (Å²) in [6.07, 6.45) is 0. The van der Waals surface area contributed by atoms with E-state index in [0.717, 1.165) is 9.79 Å². The van der Waals surface area contributed by atoms with Gasteiger partial charge >= 0.3 is 58.4 Å². The molecular weight excluding hydrogens is 315 g/mol. The predicted molar refractivity (Wildman–Crippen MR) is 69.8 cm³/mol. The third kappa shape index (κ3) is 3.28. The van der Waals surface area contributed by atoms with Crippen LogP contribution in [0.15, 0.2) is 62.0 Å². The van der Waals surface area contributed by atoms with Crippen molar-refractivity contribution in [2.24, 2.45) is 0 Å². The van der Waals surface area contributed by atoms with Gasteiger partial charge in [0.2, 0.25) is 0 Å². The summed E-state index contributed by atoms with van der Waals surface area (Å²) in [6, 6.07) is 11.9. The van der Waals surface area contributed by atoms with E-state index in [-0.39, 0.29) is 51.4 Å². The Morgan fingerprint density at radius 1 is 0.737 bits per heavy atom. The molecule has 1 heterocycles. The van der Waals surface area contributed by atoms with Crippen molar-refractivity contribution in [2.45, 2.75) is 19.6 Å². The van der Waals surface area contributed by atoms with Gasteiger partial charge < -0.3 is 12.9 Å². The average Bonchev–Trinajstić information content (AvgIpc) is 2.34. The minimum atomic E-state index is -4.96. The van der Waals surface area contributed by atoms with Crippen molar-refractivity contribution >= 4 is 36.0 Å². The molecule has 0 N–H and O–H groups in total. The second kappa shape index (κ2) is 6.17. The Labute approximate surface area is 160 Å². The molecule has 0 saturated heterocycles. The SMILES string of the molecule is F[B-](F)(F)c1cccc2c1Sc1ccccc1S2.[K+]. The Kier molecular flexibility index (Phi) is 5.20. The van der Waals surface area contributed by atoms with Crippen molar-refractivity contribution < 1.29 is 64.3 Å². The summed E-state index contributed by atoms with van der Waals surface area (Å²) in [5.41, 5.74) is -0.487. The van der Waals surface area contributed by atoms with Gasteiger partial charge in [0.15, 0.2) is 0 Å². The molecule has 0 aliphatic carbocycles. The van der Waals surface area contributed by atoms with Crippen LogP contribution in [-0.4, -0.2) is 6.98 Å². The van der Waals surface area contributed by atoms with Gasteiger partial charge in [-0.05, 0) is 23.1 Å². The Morgan fingerprint density at radius 2 is 1.32 bits per heavy atom. The molecule has 1 aliphatic heterocycles. The number of hydrogen-bond donors (Lipinski definition) is 0. The first-order valence-electron chi connectivity index (χ1n) is 5.33. The summed E-state index contributed by atoms with van der Waals surface area (Å²) in [7, 11) is 0. The molecule has 0 spiro atoms. The van der Waals surface area contributed by atoms with E-state index < -0.39 is 12.4 Å². The monoisotopic (exact) mass is 322 g/mol. The van der Waals surface area contributed by atoms with E-state index in [1.165, 1.54) is 35.7 Å². The largest absolute Gasteiger partial charge is 1.00 e. The molecule has 2 aromatic rings. The molecule has 0 saturated carbocycles. The molecule has 19 heavy (non-hydrogen) atoms. The molecule has 0 aromatic heterocycles. The molecule has 0 nitrogen and oxygen atoms in total. The van der Waals surface area contributed by atoms with Gasteiger partial charge in [-0.25, -0.2) is 0 Å². The van der Waals surface area contributed by atoms with Crippen LogP contribution in [0.4, 0.5) is 12.9 Å². The number of rotatable bonds is 1. The van der Waals surface area contributed by atoms with Crippen LogP contribution in [0.25, 0.3) is 0 Å². The average molecular weight is 322 g/mol. The summed E-state index contributed by atoms with van der Waals surface area (Å²) in [6.45, 7) is -4.96.